The van der Waals surface area contributed by atoms with Gasteiger partial charge in [-0.1, -0.05) is 19.0 Å². The predicted octanol–water partition coefficient (Wildman–Crippen LogP) is 2.30. The van der Waals surface area contributed by atoms with E-state index in [0.29, 0.717) is 6.42 Å². The molecule has 2 N–H and O–H groups in total. The van der Waals surface area contributed by atoms with Crippen LogP contribution in [-0.4, -0.2) is 42.9 Å². The topological polar surface area (TPSA) is 71.3 Å². The molecule has 1 aliphatic carbocycles. The molecule has 0 saturated carbocycles. The summed E-state index contributed by atoms with van der Waals surface area (Å²) in [6.45, 7) is 3.74. The Balaban J connectivity index is 0.00000116. The Morgan fingerprint density at radius 1 is 1.23 bits per heavy atom. The third-order valence-electron chi connectivity index (χ3n) is 3.61. The SMILES string of the molecule is CC.CO/N=C1\CCCc2c1ccc(OC)c2CC(O)CO. The van der Waals surface area contributed by atoms with Crippen LogP contribution in [0.5, 0.6) is 5.75 Å². The van der Waals surface area contributed by atoms with Gasteiger partial charge in [-0.05, 0) is 37.0 Å². The van der Waals surface area contributed by atoms with Crippen molar-refractivity contribution in [3.8, 4) is 5.75 Å². The maximum atomic E-state index is 9.74. The molecule has 124 valence electrons. The lowest BCUT2D eigenvalue weighted by molar-refractivity contribution is 0.0948. The summed E-state index contributed by atoms with van der Waals surface area (Å²) in [5.41, 5.74) is 4.07. The Hall–Kier alpha value is -1.59. The summed E-state index contributed by atoms with van der Waals surface area (Å²) in [6.07, 6.45) is 2.39. The Bertz CT molecular complexity index is 500. The predicted molar refractivity (Wildman–Crippen MR) is 87.6 cm³/mol. The average molecular weight is 309 g/mol. The molecule has 0 radical (unpaired) electrons. The summed E-state index contributed by atoms with van der Waals surface area (Å²) in [7, 11) is 3.16. The molecule has 0 aliphatic heterocycles. The van der Waals surface area contributed by atoms with Gasteiger partial charge >= 0.3 is 0 Å². The molecule has 22 heavy (non-hydrogen) atoms. The Morgan fingerprint density at radius 2 is 1.95 bits per heavy atom. The quantitative estimate of drug-likeness (QED) is 0.819. The summed E-state index contributed by atoms with van der Waals surface area (Å²) in [4.78, 5) is 4.90. The monoisotopic (exact) mass is 309 g/mol. The second-order valence-electron chi connectivity index (χ2n) is 4.89. The van der Waals surface area contributed by atoms with Crippen LogP contribution in [0.3, 0.4) is 0 Å². The minimum absolute atomic E-state index is 0.258. The second kappa shape index (κ2) is 9.43. The van der Waals surface area contributed by atoms with E-state index < -0.39 is 6.10 Å². The molecule has 1 aromatic carbocycles. The van der Waals surface area contributed by atoms with Crippen LogP contribution in [0.4, 0.5) is 0 Å². The summed E-state index contributed by atoms with van der Waals surface area (Å²) >= 11 is 0. The molecule has 0 bridgehead atoms. The number of rotatable bonds is 5. The van der Waals surface area contributed by atoms with Crippen LogP contribution in [0.15, 0.2) is 17.3 Å². The van der Waals surface area contributed by atoms with Crippen molar-refractivity contribution in [2.24, 2.45) is 5.16 Å². The van der Waals surface area contributed by atoms with Gasteiger partial charge in [-0.15, -0.1) is 0 Å². The molecule has 0 spiro atoms. The molecule has 2 rings (SSSR count). The van der Waals surface area contributed by atoms with Gasteiger partial charge in [-0.2, -0.15) is 0 Å². The number of nitrogens with zero attached hydrogens (tertiary/aromatic N) is 1. The Morgan fingerprint density at radius 3 is 2.55 bits per heavy atom. The van der Waals surface area contributed by atoms with Crippen LogP contribution in [0, 0.1) is 0 Å². The van der Waals surface area contributed by atoms with Gasteiger partial charge in [-0.25, -0.2) is 0 Å². The summed E-state index contributed by atoms with van der Waals surface area (Å²) in [5, 5.41) is 22.9. The molecule has 0 heterocycles. The standard InChI is InChI=1S/C15H21NO4.C2H6/c1-19-15-7-6-12-11(13(15)8-10(18)9-17)4-3-5-14(12)16-20-2;1-2/h6-7,10,17-18H,3-5,8-9H2,1-2H3;1-2H3/b16-14+;. The number of benzene rings is 1. The van der Waals surface area contributed by atoms with E-state index in [0.717, 1.165) is 47.4 Å². The molecule has 1 aromatic rings. The smallest absolute Gasteiger partial charge is 0.122 e. The highest BCUT2D eigenvalue weighted by Crippen LogP contribution is 2.32. The molecule has 5 nitrogen and oxygen atoms in total. The maximum absolute atomic E-state index is 9.74. The summed E-state index contributed by atoms with van der Waals surface area (Å²) in [5.74, 6) is 0.745. The minimum Gasteiger partial charge on any atom is -0.496 e. The fourth-order valence-corrected chi connectivity index (χ4v) is 2.71. The van der Waals surface area contributed by atoms with Crippen molar-refractivity contribution in [1.29, 1.82) is 0 Å². The molecular formula is C17H27NO4. The number of aliphatic hydroxyl groups excluding tert-OH is 2. The van der Waals surface area contributed by atoms with Crippen molar-refractivity contribution in [2.45, 2.75) is 45.6 Å². The van der Waals surface area contributed by atoms with Crippen LogP contribution < -0.4 is 4.74 Å². The van der Waals surface area contributed by atoms with Crippen molar-refractivity contribution in [3.05, 3.63) is 28.8 Å². The minimum atomic E-state index is -0.778. The normalized spacial score (nSPS) is 16.4. The maximum Gasteiger partial charge on any atom is 0.122 e. The summed E-state index contributed by atoms with van der Waals surface area (Å²) < 4.78 is 5.39. The van der Waals surface area contributed by atoms with Gasteiger partial charge in [-0.3, -0.25) is 0 Å². The molecule has 1 aliphatic rings. The zero-order valence-corrected chi connectivity index (χ0v) is 13.9. The fourth-order valence-electron chi connectivity index (χ4n) is 2.71. The second-order valence-corrected chi connectivity index (χ2v) is 4.89. The molecular weight excluding hydrogens is 282 g/mol. The Kier molecular flexibility index (Phi) is 7.91. The lowest BCUT2D eigenvalue weighted by Gasteiger charge is -2.23. The fraction of sp³-hybridized carbons (Fsp3) is 0.588. The van der Waals surface area contributed by atoms with E-state index in [9.17, 15) is 5.11 Å². The molecule has 0 aromatic heterocycles. The molecule has 1 atom stereocenters. The first kappa shape index (κ1) is 18.5. The van der Waals surface area contributed by atoms with E-state index in [2.05, 4.69) is 5.16 Å². The molecule has 0 amide bonds. The van der Waals surface area contributed by atoms with Crippen molar-refractivity contribution in [2.75, 3.05) is 20.8 Å². The van der Waals surface area contributed by atoms with Gasteiger partial charge in [0, 0.05) is 17.5 Å². The van der Waals surface area contributed by atoms with E-state index >= 15 is 0 Å². The number of fused-ring (bicyclic) bond motifs is 1. The zero-order valence-electron chi connectivity index (χ0n) is 13.9. The molecule has 0 fully saturated rings. The van der Waals surface area contributed by atoms with Crippen LogP contribution >= 0.6 is 0 Å². The Labute approximate surface area is 132 Å². The lowest BCUT2D eigenvalue weighted by atomic mass is 9.85. The first-order valence-electron chi connectivity index (χ1n) is 7.79. The third kappa shape index (κ3) is 4.21. The zero-order chi connectivity index (χ0) is 16.5. The third-order valence-corrected chi connectivity index (χ3v) is 3.61. The van der Waals surface area contributed by atoms with Crippen LogP contribution in [-0.2, 0) is 17.7 Å². The highest BCUT2D eigenvalue weighted by Gasteiger charge is 2.23. The first-order chi connectivity index (χ1) is 10.7. The van der Waals surface area contributed by atoms with Gasteiger partial charge in [0.05, 0.1) is 25.5 Å². The van der Waals surface area contributed by atoms with Gasteiger partial charge in [0.2, 0.25) is 0 Å². The van der Waals surface area contributed by atoms with Crippen molar-refractivity contribution in [1.82, 2.24) is 0 Å². The van der Waals surface area contributed by atoms with E-state index in [1.54, 1.807) is 14.2 Å². The number of aliphatic hydroxyl groups is 2. The lowest BCUT2D eigenvalue weighted by Crippen LogP contribution is -2.20. The van der Waals surface area contributed by atoms with Crippen molar-refractivity contribution >= 4 is 5.71 Å². The van der Waals surface area contributed by atoms with E-state index in [4.69, 9.17) is 14.7 Å². The molecule has 5 heteroatoms. The highest BCUT2D eigenvalue weighted by atomic mass is 16.6. The number of oxime groups is 1. The van der Waals surface area contributed by atoms with E-state index in [-0.39, 0.29) is 6.61 Å². The molecule has 0 saturated heterocycles. The van der Waals surface area contributed by atoms with Gasteiger partial charge in [0.15, 0.2) is 0 Å². The van der Waals surface area contributed by atoms with E-state index in [1.165, 1.54) is 0 Å². The largest absolute Gasteiger partial charge is 0.496 e. The highest BCUT2D eigenvalue weighted by molar-refractivity contribution is 6.02. The number of ether oxygens (including phenoxy) is 1. The number of methoxy groups -OCH3 is 1. The van der Waals surface area contributed by atoms with E-state index in [1.807, 2.05) is 26.0 Å². The first-order valence-corrected chi connectivity index (χ1v) is 7.79. The van der Waals surface area contributed by atoms with Crippen molar-refractivity contribution < 1.29 is 19.8 Å². The van der Waals surface area contributed by atoms with Gasteiger partial charge < -0.3 is 19.8 Å². The van der Waals surface area contributed by atoms with Crippen LogP contribution in [0.2, 0.25) is 0 Å². The molecule has 1 unspecified atom stereocenters. The summed E-state index contributed by atoms with van der Waals surface area (Å²) in [6, 6.07) is 3.87. The average Bonchev–Trinajstić information content (AvgIpc) is 2.57. The number of hydrogen-bond acceptors (Lipinski definition) is 5. The van der Waals surface area contributed by atoms with Crippen molar-refractivity contribution in [3.63, 3.8) is 0 Å². The number of hydrogen-bond donors (Lipinski definition) is 2. The van der Waals surface area contributed by atoms with Crippen LogP contribution in [0.1, 0.15) is 43.4 Å². The van der Waals surface area contributed by atoms with Crippen LogP contribution in [0.25, 0.3) is 0 Å². The van der Waals surface area contributed by atoms with Gasteiger partial charge in [0.25, 0.3) is 0 Å². The van der Waals surface area contributed by atoms with Gasteiger partial charge in [0.1, 0.15) is 12.9 Å².